The van der Waals surface area contributed by atoms with E-state index in [0.29, 0.717) is 6.42 Å². The molecule has 0 heterocycles. The van der Waals surface area contributed by atoms with Gasteiger partial charge in [-0.1, -0.05) is 13.8 Å². The van der Waals surface area contributed by atoms with E-state index in [-0.39, 0.29) is 12.5 Å². The number of carbonyl (C=O) groups is 3. The molecule has 0 fully saturated rings. The van der Waals surface area contributed by atoms with Crippen molar-refractivity contribution in [2.24, 2.45) is 11.7 Å². The zero-order chi connectivity index (χ0) is 15.0. The van der Waals surface area contributed by atoms with Crippen molar-refractivity contribution in [3.05, 3.63) is 0 Å². The first-order chi connectivity index (χ1) is 8.77. The summed E-state index contributed by atoms with van der Waals surface area (Å²) in [5.74, 6) is -2.27. The van der Waals surface area contributed by atoms with Crippen molar-refractivity contribution >= 4 is 17.8 Å². The number of amides is 2. The average molecular weight is 275 g/mol. The van der Waals surface area contributed by atoms with Crippen LogP contribution < -0.4 is 16.4 Å². The van der Waals surface area contributed by atoms with E-state index in [1.165, 1.54) is 0 Å². The molecule has 0 aliphatic rings. The van der Waals surface area contributed by atoms with Gasteiger partial charge >= 0.3 is 5.97 Å². The van der Waals surface area contributed by atoms with Crippen molar-refractivity contribution in [1.82, 2.24) is 10.6 Å². The van der Waals surface area contributed by atoms with Crippen molar-refractivity contribution in [2.45, 2.75) is 32.4 Å². The van der Waals surface area contributed by atoms with Crippen LogP contribution in [-0.4, -0.2) is 53.2 Å². The van der Waals surface area contributed by atoms with Gasteiger partial charge in [-0.25, -0.2) is 4.79 Å². The molecule has 0 aliphatic heterocycles. The predicted molar refractivity (Wildman–Crippen MR) is 67.1 cm³/mol. The van der Waals surface area contributed by atoms with Crippen LogP contribution in [0.15, 0.2) is 0 Å². The number of hydrogen-bond donors (Lipinski definition) is 5. The maximum Gasteiger partial charge on any atom is 0.328 e. The zero-order valence-corrected chi connectivity index (χ0v) is 11.0. The van der Waals surface area contributed by atoms with Gasteiger partial charge in [-0.05, 0) is 12.3 Å². The molecule has 0 rings (SSSR count). The van der Waals surface area contributed by atoms with E-state index in [1.807, 2.05) is 13.8 Å². The van der Waals surface area contributed by atoms with Crippen LogP contribution in [0.3, 0.4) is 0 Å². The first kappa shape index (κ1) is 17.3. The number of nitrogens with one attached hydrogen (secondary N) is 2. The van der Waals surface area contributed by atoms with E-state index in [2.05, 4.69) is 10.6 Å². The summed E-state index contributed by atoms with van der Waals surface area (Å²) in [6, 6.07) is -2.09. The van der Waals surface area contributed by atoms with Gasteiger partial charge in [0.2, 0.25) is 11.8 Å². The summed E-state index contributed by atoms with van der Waals surface area (Å²) < 4.78 is 0. The lowest BCUT2D eigenvalue weighted by molar-refractivity contribution is -0.142. The van der Waals surface area contributed by atoms with Crippen LogP contribution in [0.2, 0.25) is 0 Å². The van der Waals surface area contributed by atoms with Crippen LogP contribution in [0, 0.1) is 5.92 Å². The highest BCUT2D eigenvalue weighted by Gasteiger charge is 2.20. The van der Waals surface area contributed by atoms with Crippen molar-refractivity contribution in [3.63, 3.8) is 0 Å². The molecule has 0 radical (unpaired) electrons. The molecule has 0 saturated carbocycles. The van der Waals surface area contributed by atoms with Gasteiger partial charge in [0.25, 0.3) is 0 Å². The number of aliphatic hydroxyl groups is 1. The molecule has 0 spiro atoms. The summed E-state index contributed by atoms with van der Waals surface area (Å²) in [6.07, 6.45) is 0.488. The Morgan fingerprint density at radius 1 is 1.26 bits per heavy atom. The maximum atomic E-state index is 11.5. The van der Waals surface area contributed by atoms with Gasteiger partial charge in [0.15, 0.2) is 0 Å². The molecule has 19 heavy (non-hydrogen) atoms. The van der Waals surface area contributed by atoms with Crippen molar-refractivity contribution < 1.29 is 24.6 Å². The normalized spacial score (nSPS) is 13.7. The predicted octanol–water partition coefficient (Wildman–Crippen LogP) is -1.96. The third-order valence-corrected chi connectivity index (χ3v) is 2.30. The monoisotopic (exact) mass is 275 g/mol. The maximum absolute atomic E-state index is 11.5. The Labute approximate surface area is 111 Å². The molecule has 8 heteroatoms. The smallest absolute Gasteiger partial charge is 0.328 e. The third-order valence-electron chi connectivity index (χ3n) is 2.30. The van der Waals surface area contributed by atoms with Crippen LogP contribution in [-0.2, 0) is 14.4 Å². The molecule has 0 aromatic rings. The summed E-state index contributed by atoms with van der Waals surface area (Å²) in [5.41, 5.74) is 5.60. The average Bonchev–Trinajstić information content (AvgIpc) is 2.31. The summed E-state index contributed by atoms with van der Waals surface area (Å²) >= 11 is 0. The largest absolute Gasteiger partial charge is 0.480 e. The summed E-state index contributed by atoms with van der Waals surface area (Å²) in [7, 11) is 0. The Balaban J connectivity index is 4.09. The number of aliphatic hydroxyl groups excluding tert-OH is 1. The fourth-order valence-electron chi connectivity index (χ4n) is 1.34. The fourth-order valence-corrected chi connectivity index (χ4v) is 1.34. The number of hydrogen-bond acceptors (Lipinski definition) is 5. The Hall–Kier alpha value is -1.67. The highest BCUT2D eigenvalue weighted by Crippen LogP contribution is 2.02. The molecule has 8 nitrogen and oxygen atoms in total. The highest BCUT2D eigenvalue weighted by molar-refractivity contribution is 5.89. The number of nitrogens with two attached hydrogens (primary N) is 1. The minimum absolute atomic E-state index is 0.250. The molecule has 2 amide bonds. The van der Waals surface area contributed by atoms with E-state index >= 15 is 0 Å². The molecule has 2 unspecified atom stereocenters. The first-order valence-electron chi connectivity index (χ1n) is 5.94. The van der Waals surface area contributed by atoms with Crippen LogP contribution in [0.4, 0.5) is 0 Å². The number of carboxylic acids is 1. The Morgan fingerprint density at radius 3 is 2.26 bits per heavy atom. The van der Waals surface area contributed by atoms with Crippen molar-refractivity contribution in [1.29, 1.82) is 0 Å². The molecule has 6 N–H and O–H groups in total. The van der Waals surface area contributed by atoms with Crippen molar-refractivity contribution in [2.75, 3.05) is 13.2 Å². The van der Waals surface area contributed by atoms with E-state index in [4.69, 9.17) is 15.9 Å². The summed E-state index contributed by atoms with van der Waals surface area (Å²) in [4.78, 5) is 33.4. The van der Waals surface area contributed by atoms with E-state index in [1.54, 1.807) is 0 Å². The lowest BCUT2D eigenvalue weighted by atomic mass is 10.0. The minimum Gasteiger partial charge on any atom is -0.480 e. The van der Waals surface area contributed by atoms with Gasteiger partial charge in [0.05, 0.1) is 19.2 Å². The Morgan fingerprint density at radius 2 is 1.84 bits per heavy atom. The SMILES string of the molecule is CC(C)CC(N)C(=O)NCC(=O)NC(CO)C(=O)O. The molecule has 0 aliphatic carbocycles. The molecule has 2 atom stereocenters. The second-order valence-electron chi connectivity index (χ2n) is 4.59. The lowest BCUT2D eigenvalue weighted by Crippen LogP contribution is -2.49. The van der Waals surface area contributed by atoms with Gasteiger partial charge in [-0.15, -0.1) is 0 Å². The Kier molecular flexibility index (Phi) is 7.69. The molecule has 110 valence electrons. The number of rotatable bonds is 8. The summed E-state index contributed by atoms with van der Waals surface area (Å²) in [6.45, 7) is 2.73. The van der Waals surface area contributed by atoms with Gasteiger partial charge in [0.1, 0.15) is 6.04 Å². The number of carboxylic acid groups (broad SMARTS) is 1. The molecule has 0 aromatic carbocycles. The van der Waals surface area contributed by atoms with E-state index < -0.39 is 36.5 Å². The quantitative estimate of drug-likeness (QED) is 0.348. The van der Waals surface area contributed by atoms with Crippen LogP contribution in [0.25, 0.3) is 0 Å². The highest BCUT2D eigenvalue weighted by atomic mass is 16.4. The fraction of sp³-hybridized carbons (Fsp3) is 0.727. The van der Waals surface area contributed by atoms with Gasteiger partial charge in [0, 0.05) is 0 Å². The zero-order valence-electron chi connectivity index (χ0n) is 11.0. The molecular weight excluding hydrogens is 254 g/mol. The topological polar surface area (TPSA) is 142 Å². The van der Waals surface area contributed by atoms with E-state index in [0.717, 1.165) is 0 Å². The second kappa shape index (κ2) is 8.44. The summed E-state index contributed by atoms with van der Waals surface area (Å²) in [5, 5.41) is 21.7. The standard InChI is InChI=1S/C11H21N3O5/c1-6(2)3-7(12)10(17)13-4-9(16)14-8(5-15)11(18)19/h6-8,15H,3-5,12H2,1-2H3,(H,13,17)(H,14,16)(H,18,19). The van der Waals surface area contributed by atoms with Crippen LogP contribution >= 0.6 is 0 Å². The molecule has 0 aromatic heterocycles. The van der Waals surface area contributed by atoms with Gasteiger partial charge < -0.3 is 26.6 Å². The lowest BCUT2D eigenvalue weighted by Gasteiger charge is -2.15. The van der Waals surface area contributed by atoms with E-state index in [9.17, 15) is 14.4 Å². The van der Waals surface area contributed by atoms with Gasteiger partial charge in [-0.3, -0.25) is 9.59 Å². The Bertz CT molecular complexity index is 332. The number of carbonyl (C=O) groups excluding carboxylic acids is 2. The van der Waals surface area contributed by atoms with Gasteiger partial charge in [-0.2, -0.15) is 0 Å². The second-order valence-corrected chi connectivity index (χ2v) is 4.59. The molecular formula is C11H21N3O5. The molecule has 0 bridgehead atoms. The van der Waals surface area contributed by atoms with Crippen LogP contribution in [0.5, 0.6) is 0 Å². The first-order valence-corrected chi connectivity index (χ1v) is 5.94. The molecule has 0 saturated heterocycles. The number of aliphatic carboxylic acids is 1. The third kappa shape index (κ3) is 7.37. The van der Waals surface area contributed by atoms with Crippen molar-refractivity contribution in [3.8, 4) is 0 Å². The minimum atomic E-state index is -1.38. The van der Waals surface area contributed by atoms with Crippen LogP contribution in [0.1, 0.15) is 20.3 Å².